The predicted molar refractivity (Wildman–Crippen MR) is 127 cm³/mol. The molecule has 0 aliphatic rings. The van der Waals surface area contributed by atoms with Crippen LogP contribution in [0.15, 0.2) is 51.7 Å². The van der Waals surface area contributed by atoms with E-state index in [-0.39, 0.29) is 23.3 Å². The van der Waals surface area contributed by atoms with Crippen molar-refractivity contribution in [3.05, 3.63) is 64.0 Å². The van der Waals surface area contributed by atoms with Crippen molar-refractivity contribution in [2.75, 3.05) is 27.9 Å². The van der Waals surface area contributed by atoms with Crippen molar-refractivity contribution in [2.45, 2.75) is 13.8 Å². The minimum Gasteiger partial charge on any atom is -0.493 e. The van der Waals surface area contributed by atoms with Crippen molar-refractivity contribution < 1.29 is 32.9 Å². The first-order valence-electron chi connectivity index (χ1n) is 10.5. The first-order valence-corrected chi connectivity index (χ1v) is 10.5. The van der Waals surface area contributed by atoms with Crippen LogP contribution in [-0.4, -0.2) is 33.9 Å². The predicted octanol–water partition coefficient (Wildman–Crippen LogP) is 4.57. The van der Waals surface area contributed by atoms with Gasteiger partial charge in [0.25, 0.3) is 0 Å². The van der Waals surface area contributed by atoms with Gasteiger partial charge in [-0.05, 0) is 43.7 Å². The first-order chi connectivity index (χ1) is 16.4. The van der Waals surface area contributed by atoms with Crippen LogP contribution in [-0.2, 0) is 4.79 Å². The fourth-order valence-corrected chi connectivity index (χ4v) is 3.86. The van der Waals surface area contributed by atoms with Crippen LogP contribution < -0.4 is 29.3 Å². The Balaban J connectivity index is 1.67. The Hall–Kier alpha value is -4.20. The standard InChI is InChI=1S/C26H24O8/c1-14-6-9-19(15(2)10-14)32-13-22(27)33-16-7-8-17-20(11-16)34-26(28)18-12-21(29-3)24(30-4)25(31-5)23(17)18/h6-12H,13H2,1-5H3. The van der Waals surface area contributed by atoms with Gasteiger partial charge in [-0.1, -0.05) is 17.7 Å². The van der Waals surface area contributed by atoms with Gasteiger partial charge in [0.1, 0.15) is 17.1 Å². The molecule has 34 heavy (non-hydrogen) atoms. The highest BCUT2D eigenvalue weighted by Gasteiger charge is 2.21. The highest BCUT2D eigenvalue weighted by atomic mass is 16.6. The molecule has 0 atom stereocenters. The molecule has 4 rings (SSSR count). The molecule has 0 spiro atoms. The maximum atomic E-state index is 12.7. The largest absolute Gasteiger partial charge is 0.493 e. The molecule has 0 fully saturated rings. The molecule has 0 unspecified atom stereocenters. The minimum absolute atomic E-state index is 0.212. The van der Waals surface area contributed by atoms with E-state index in [1.807, 2.05) is 32.0 Å². The van der Waals surface area contributed by atoms with E-state index in [2.05, 4.69) is 0 Å². The van der Waals surface area contributed by atoms with Gasteiger partial charge in [-0.2, -0.15) is 0 Å². The molecular weight excluding hydrogens is 440 g/mol. The Morgan fingerprint density at radius 2 is 1.62 bits per heavy atom. The third kappa shape index (κ3) is 4.22. The van der Waals surface area contributed by atoms with Crippen molar-refractivity contribution >= 4 is 27.7 Å². The van der Waals surface area contributed by atoms with Crippen LogP contribution in [0.5, 0.6) is 28.7 Å². The van der Waals surface area contributed by atoms with Gasteiger partial charge in [-0.15, -0.1) is 0 Å². The molecule has 8 nitrogen and oxygen atoms in total. The lowest BCUT2D eigenvalue weighted by Gasteiger charge is -2.15. The molecule has 8 heteroatoms. The zero-order valence-corrected chi connectivity index (χ0v) is 19.5. The number of hydrogen-bond donors (Lipinski definition) is 0. The molecule has 0 radical (unpaired) electrons. The topological polar surface area (TPSA) is 93.4 Å². The molecule has 0 amide bonds. The Kier molecular flexibility index (Phi) is 6.32. The quantitative estimate of drug-likeness (QED) is 0.170. The van der Waals surface area contributed by atoms with Gasteiger partial charge in [0, 0.05) is 16.8 Å². The summed E-state index contributed by atoms with van der Waals surface area (Å²) < 4.78 is 32.8. The lowest BCUT2D eigenvalue weighted by molar-refractivity contribution is -0.136. The van der Waals surface area contributed by atoms with E-state index in [0.717, 1.165) is 11.1 Å². The Morgan fingerprint density at radius 3 is 2.29 bits per heavy atom. The monoisotopic (exact) mass is 464 g/mol. The number of hydrogen-bond acceptors (Lipinski definition) is 8. The van der Waals surface area contributed by atoms with Gasteiger partial charge in [-0.3, -0.25) is 0 Å². The van der Waals surface area contributed by atoms with E-state index in [4.69, 9.17) is 28.1 Å². The average molecular weight is 464 g/mol. The van der Waals surface area contributed by atoms with Gasteiger partial charge >= 0.3 is 11.6 Å². The second-order valence-electron chi connectivity index (χ2n) is 7.65. The molecular formula is C26H24O8. The number of carbonyl (C=O) groups excluding carboxylic acids is 1. The third-order valence-corrected chi connectivity index (χ3v) is 5.38. The van der Waals surface area contributed by atoms with Gasteiger partial charge in [0.2, 0.25) is 5.75 Å². The maximum Gasteiger partial charge on any atom is 0.349 e. The molecule has 1 aromatic heterocycles. The number of methoxy groups -OCH3 is 3. The van der Waals surface area contributed by atoms with Crippen LogP contribution in [0.4, 0.5) is 0 Å². The summed E-state index contributed by atoms with van der Waals surface area (Å²) in [5.41, 5.74) is 1.66. The van der Waals surface area contributed by atoms with Crippen LogP contribution >= 0.6 is 0 Å². The van der Waals surface area contributed by atoms with E-state index in [1.165, 1.54) is 27.4 Å². The molecule has 1 heterocycles. The van der Waals surface area contributed by atoms with Crippen molar-refractivity contribution in [2.24, 2.45) is 0 Å². The van der Waals surface area contributed by atoms with Crippen LogP contribution in [0.3, 0.4) is 0 Å². The molecule has 4 aromatic rings. The van der Waals surface area contributed by atoms with Crippen LogP contribution in [0.1, 0.15) is 11.1 Å². The van der Waals surface area contributed by atoms with Crippen molar-refractivity contribution in [3.8, 4) is 28.7 Å². The summed E-state index contributed by atoms with van der Waals surface area (Å²) in [5.74, 6) is 1.25. The summed E-state index contributed by atoms with van der Waals surface area (Å²) in [4.78, 5) is 25.1. The normalized spacial score (nSPS) is 10.9. The number of carbonyl (C=O) groups is 1. The van der Waals surface area contributed by atoms with E-state index in [9.17, 15) is 9.59 Å². The van der Waals surface area contributed by atoms with E-state index < -0.39 is 11.6 Å². The second-order valence-corrected chi connectivity index (χ2v) is 7.65. The summed E-state index contributed by atoms with van der Waals surface area (Å²) in [6.45, 7) is 3.62. The smallest absolute Gasteiger partial charge is 0.349 e. The number of rotatable bonds is 7. The lowest BCUT2D eigenvalue weighted by atomic mass is 10.0. The van der Waals surface area contributed by atoms with Crippen LogP contribution in [0.2, 0.25) is 0 Å². The third-order valence-electron chi connectivity index (χ3n) is 5.38. The Labute approximate surface area is 195 Å². The van der Waals surface area contributed by atoms with Gasteiger partial charge < -0.3 is 28.1 Å². The molecule has 176 valence electrons. The molecule has 0 aliphatic carbocycles. The van der Waals surface area contributed by atoms with E-state index in [0.29, 0.717) is 33.8 Å². The van der Waals surface area contributed by atoms with Gasteiger partial charge in [0.05, 0.1) is 26.7 Å². The fraction of sp³-hybridized carbons (Fsp3) is 0.231. The number of aryl methyl sites for hydroxylation is 2. The van der Waals surface area contributed by atoms with Gasteiger partial charge in [0.15, 0.2) is 18.1 Å². The van der Waals surface area contributed by atoms with Crippen molar-refractivity contribution in [1.82, 2.24) is 0 Å². The fourth-order valence-electron chi connectivity index (χ4n) is 3.86. The zero-order chi connectivity index (χ0) is 24.4. The van der Waals surface area contributed by atoms with E-state index >= 15 is 0 Å². The summed E-state index contributed by atoms with van der Waals surface area (Å²) in [7, 11) is 4.43. The second kappa shape index (κ2) is 9.35. The molecule has 0 saturated carbocycles. The molecule has 0 aliphatic heterocycles. The summed E-state index contributed by atoms with van der Waals surface area (Å²) in [5, 5.41) is 1.36. The first kappa shape index (κ1) is 23.0. The van der Waals surface area contributed by atoms with Crippen LogP contribution in [0, 0.1) is 13.8 Å². The molecule has 0 N–H and O–H groups in total. The number of esters is 1. The summed E-state index contributed by atoms with van der Waals surface area (Å²) in [6.07, 6.45) is 0. The lowest BCUT2D eigenvalue weighted by Crippen LogP contribution is -2.18. The zero-order valence-electron chi connectivity index (χ0n) is 19.5. The minimum atomic E-state index is -0.594. The maximum absolute atomic E-state index is 12.7. The van der Waals surface area contributed by atoms with Crippen LogP contribution in [0.25, 0.3) is 21.7 Å². The molecule has 0 saturated heterocycles. The average Bonchev–Trinajstić information content (AvgIpc) is 2.82. The molecule has 3 aromatic carbocycles. The van der Waals surface area contributed by atoms with E-state index in [1.54, 1.807) is 18.2 Å². The SMILES string of the molecule is COc1cc2c(=O)oc3cc(OC(=O)COc4ccc(C)cc4C)ccc3c2c(OC)c1OC. The number of fused-ring (bicyclic) bond motifs is 3. The van der Waals surface area contributed by atoms with Crippen molar-refractivity contribution in [1.29, 1.82) is 0 Å². The number of benzene rings is 3. The van der Waals surface area contributed by atoms with Crippen molar-refractivity contribution in [3.63, 3.8) is 0 Å². The highest BCUT2D eigenvalue weighted by Crippen LogP contribution is 2.45. The summed E-state index contributed by atoms with van der Waals surface area (Å²) >= 11 is 0. The summed E-state index contributed by atoms with van der Waals surface area (Å²) in [6, 6.07) is 12.0. The molecule has 0 bridgehead atoms. The Morgan fingerprint density at radius 1 is 0.853 bits per heavy atom. The highest BCUT2D eigenvalue weighted by molar-refractivity contribution is 6.10. The number of ether oxygens (including phenoxy) is 5. The Bertz CT molecular complexity index is 1450. The van der Waals surface area contributed by atoms with Gasteiger partial charge in [-0.25, -0.2) is 9.59 Å².